The number of nitrogens with zero attached hydrogens (tertiary/aromatic N) is 3. The van der Waals surface area contributed by atoms with E-state index in [1.807, 2.05) is 30.3 Å². The highest BCUT2D eigenvalue weighted by molar-refractivity contribution is 5.73. The van der Waals surface area contributed by atoms with E-state index in [1.165, 1.54) is 5.56 Å². The average molecular weight is 337 g/mol. The number of aromatic hydroxyl groups is 1. The van der Waals surface area contributed by atoms with Crippen LogP contribution >= 0.6 is 0 Å². The third kappa shape index (κ3) is 3.39. The van der Waals surface area contributed by atoms with Gasteiger partial charge in [0.2, 0.25) is 0 Å². The molecule has 0 fully saturated rings. The summed E-state index contributed by atoms with van der Waals surface area (Å²) in [5.74, 6) is 0.574. The molecule has 3 aromatic rings. The van der Waals surface area contributed by atoms with Gasteiger partial charge in [0, 0.05) is 0 Å². The van der Waals surface area contributed by atoms with E-state index in [-0.39, 0.29) is 17.1 Å². The number of phenolic OH excluding ortho intramolecular Hbond substituents is 1. The lowest BCUT2D eigenvalue weighted by atomic mass is 9.83. The van der Waals surface area contributed by atoms with Crippen molar-refractivity contribution in [2.45, 2.75) is 58.8 Å². The number of phenols is 1. The SMILES string of the molecule is CCCC(C)c1cc(C(C)(C)C)cc(-n2nc3ccccc3n2)c1O. The highest BCUT2D eigenvalue weighted by Crippen LogP contribution is 2.38. The van der Waals surface area contributed by atoms with E-state index in [2.05, 4.69) is 50.9 Å². The van der Waals surface area contributed by atoms with Gasteiger partial charge in [-0.1, -0.05) is 59.2 Å². The topological polar surface area (TPSA) is 50.9 Å². The molecule has 1 unspecified atom stereocenters. The molecule has 1 heterocycles. The van der Waals surface area contributed by atoms with Crippen LogP contribution in [0.1, 0.15) is 64.5 Å². The molecule has 25 heavy (non-hydrogen) atoms. The molecule has 0 saturated heterocycles. The number of benzene rings is 2. The summed E-state index contributed by atoms with van der Waals surface area (Å²) in [5, 5.41) is 20.1. The molecule has 132 valence electrons. The van der Waals surface area contributed by atoms with Gasteiger partial charge in [-0.2, -0.15) is 0 Å². The summed E-state index contributed by atoms with van der Waals surface area (Å²) in [6.45, 7) is 10.9. The fourth-order valence-corrected chi connectivity index (χ4v) is 3.16. The minimum atomic E-state index is -0.0181. The van der Waals surface area contributed by atoms with E-state index in [4.69, 9.17) is 0 Å². The fourth-order valence-electron chi connectivity index (χ4n) is 3.16. The van der Waals surface area contributed by atoms with Crippen molar-refractivity contribution in [3.8, 4) is 11.4 Å². The first-order valence-electron chi connectivity index (χ1n) is 9.01. The molecule has 0 saturated carbocycles. The number of rotatable bonds is 4. The van der Waals surface area contributed by atoms with Crippen LogP contribution in [0.25, 0.3) is 16.7 Å². The maximum atomic E-state index is 11.0. The van der Waals surface area contributed by atoms with E-state index in [0.717, 1.165) is 29.4 Å². The minimum absolute atomic E-state index is 0.0181. The Morgan fingerprint density at radius 2 is 1.68 bits per heavy atom. The van der Waals surface area contributed by atoms with Crippen molar-refractivity contribution in [1.82, 2.24) is 15.0 Å². The van der Waals surface area contributed by atoms with Gasteiger partial charge >= 0.3 is 0 Å². The summed E-state index contributed by atoms with van der Waals surface area (Å²) in [6, 6.07) is 11.9. The molecule has 4 heteroatoms. The zero-order valence-electron chi connectivity index (χ0n) is 15.7. The maximum Gasteiger partial charge on any atom is 0.146 e. The highest BCUT2D eigenvalue weighted by Gasteiger charge is 2.22. The van der Waals surface area contributed by atoms with Gasteiger partial charge in [-0.05, 0) is 47.1 Å². The van der Waals surface area contributed by atoms with Crippen molar-refractivity contribution in [3.05, 3.63) is 47.5 Å². The molecule has 0 bridgehead atoms. The van der Waals surface area contributed by atoms with E-state index in [9.17, 15) is 5.11 Å². The lowest BCUT2D eigenvalue weighted by molar-refractivity contribution is 0.451. The molecule has 4 nitrogen and oxygen atoms in total. The van der Waals surface area contributed by atoms with Crippen LogP contribution in [-0.2, 0) is 5.41 Å². The van der Waals surface area contributed by atoms with Crippen LogP contribution in [-0.4, -0.2) is 20.1 Å². The van der Waals surface area contributed by atoms with Crippen LogP contribution in [0, 0.1) is 0 Å². The predicted octanol–water partition coefficient (Wildman–Crippen LogP) is 5.33. The number of hydrogen-bond donors (Lipinski definition) is 1. The number of fused-ring (bicyclic) bond motifs is 1. The molecule has 0 aliphatic carbocycles. The van der Waals surface area contributed by atoms with Crippen molar-refractivity contribution in [2.24, 2.45) is 0 Å². The van der Waals surface area contributed by atoms with E-state index in [0.29, 0.717) is 5.69 Å². The molecule has 3 rings (SSSR count). The largest absolute Gasteiger partial charge is 0.505 e. The molecule has 0 aliphatic heterocycles. The zero-order chi connectivity index (χ0) is 18.2. The predicted molar refractivity (Wildman–Crippen MR) is 103 cm³/mol. The van der Waals surface area contributed by atoms with Crippen LogP contribution in [0.15, 0.2) is 36.4 Å². The van der Waals surface area contributed by atoms with Crippen LogP contribution < -0.4 is 0 Å². The third-order valence-electron chi connectivity index (χ3n) is 4.74. The quantitative estimate of drug-likeness (QED) is 0.700. The number of hydrogen-bond acceptors (Lipinski definition) is 3. The van der Waals surface area contributed by atoms with Crippen LogP contribution in [0.3, 0.4) is 0 Å². The van der Waals surface area contributed by atoms with Crippen molar-refractivity contribution in [2.75, 3.05) is 0 Å². The maximum absolute atomic E-state index is 11.0. The normalized spacial score (nSPS) is 13.3. The molecule has 0 radical (unpaired) electrons. The fraction of sp³-hybridized carbons (Fsp3) is 0.429. The third-order valence-corrected chi connectivity index (χ3v) is 4.74. The smallest absolute Gasteiger partial charge is 0.146 e. The lowest BCUT2D eigenvalue weighted by Crippen LogP contribution is -2.14. The summed E-state index contributed by atoms with van der Waals surface area (Å²) in [5.41, 5.74) is 4.44. The van der Waals surface area contributed by atoms with E-state index >= 15 is 0 Å². The monoisotopic (exact) mass is 337 g/mol. The summed E-state index contributed by atoms with van der Waals surface area (Å²) < 4.78 is 0. The highest BCUT2D eigenvalue weighted by atomic mass is 16.3. The zero-order valence-corrected chi connectivity index (χ0v) is 15.7. The first-order valence-corrected chi connectivity index (χ1v) is 9.01. The van der Waals surface area contributed by atoms with Crippen molar-refractivity contribution >= 4 is 11.0 Å². The Morgan fingerprint density at radius 3 is 2.20 bits per heavy atom. The van der Waals surface area contributed by atoms with Gasteiger partial charge in [0.25, 0.3) is 0 Å². The Kier molecular flexibility index (Phi) is 4.55. The van der Waals surface area contributed by atoms with Gasteiger partial charge in [0.05, 0.1) is 0 Å². The van der Waals surface area contributed by atoms with Crippen molar-refractivity contribution in [1.29, 1.82) is 0 Å². The second kappa shape index (κ2) is 6.51. The molecule has 1 N–H and O–H groups in total. The Morgan fingerprint density at radius 1 is 1.08 bits per heavy atom. The summed E-state index contributed by atoms with van der Waals surface area (Å²) in [7, 11) is 0. The summed E-state index contributed by atoms with van der Waals surface area (Å²) in [6.07, 6.45) is 2.12. The van der Waals surface area contributed by atoms with Crippen LogP contribution in [0.5, 0.6) is 5.75 Å². The van der Waals surface area contributed by atoms with Crippen molar-refractivity contribution < 1.29 is 5.11 Å². The van der Waals surface area contributed by atoms with Crippen LogP contribution in [0.4, 0.5) is 0 Å². The Bertz CT molecular complexity index is 857. The molecular weight excluding hydrogens is 310 g/mol. The molecular formula is C21H27N3O. The van der Waals surface area contributed by atoms with Crippen molar-refractivity contribution in [3.63, 3.8) is 0 Å². The number of aromatic nitrogens is 3. The average Bonchev–Trinajstić information content (AvgIpc) is 2.97. The van der Waals surface area contributed by atoms with Gasteiger partial charge in [0.1, 0.15) is 22.5 Å². The lowest BCUT2D eigenvalue weighted by Gasteiger charge is -2.24. The second-order valence-electron chi connectivity index (χ2n) is 7.85. The first kappa shape index (κ1) is 17.5. The Balaban J connectivity index is 2.21. The molecule has 0 aliphatic rings. The van der Waals surface area contributed by atoms with Gasteiger partial charge in [-0.15, -0.1) is 15.0 Å². The van der Waals surface area contributed by atoms with E-state index < -0.39 is 0 Å². The molecule has 0 spiro atoms. The van der Waals surface area contributed by atoms with E-state index in [1.54, 1.807) is 4.80 Å². The van der Waals surface area contributed by atoms with Gasteiger partial charge in [0.15, 0.2) is 0 Å². The Hall–Kier alpha value is -2.36. The minimum Gasteiger partial charge on any atom is -0.505 e. The van der Waals surface area contributed by atoms with Gasteiger partial charge < -0.3 is 5.11 Å². The molecule has 1 atom stereocenters. The summed E-state index contributed by atoms with van der Waals surface area (Å²) in [4.78, 5) is 1.57. The first-order chi connectivity index (χ1) is 11.8. The Labute approximate surface area is 149 Å². The molecule has 2 aromatic carbocycles. The van der Waals surface area contributed by atoms with Gasteiger partial charge in [-0.3, -0.25) is 0 Å². The standard InChI is InChI=1S/C21H27N3O/c1-6-9-14(2)16-12-15(21(3,4)5)13-19(20(16)25)24-22-17-10-7-8-11-18(17)23-24/h7-8,10-14,25H,6,9H2,1-5H3. The van der Waals surface area contributed by atoms with Gasteiger partial charge in [-0.25, -0.2) is 0 Å². The molecule has 1 aromatic heterocycles. The molecule has 0 amide bonds. The summed E-state index contributed by atoms with van der Waals surface area (Å²) >= 11 is 0. The van der Waals surface area contributed by atoms with Crippen LogP contribution in [0.2, 0.25) is 0 Å². The second-order valence-corrected chi connectivity index (χ2v) is 7.85.